The van der Waals surface area contributed by atoms with Crippen molar-refractivity contribution in [2.45, 2.75) is 71.5 Å². The molecule has 1 fully saturated rings. The second-order valence-corrected chi connectivity index (χ2v) is 12.5. The summed E-state index contributed by atoms with van der Waals surface area (Å²) in [6.07, 6.45) is 6.12. The zero-order chi connectivity index (χ0) is 27.3. The maximum atomic E-state index is 13.8. The van der Waals surface area contributed by atoms with E-state index in [1.54, 1.807) is 37.3 Å². The molecule has 0 radical (unpaired) electrons. The molecule has 0 aromatic heterocycles. The number of anilines is 1. The number of carbonyl (C=O) groups excluding carboxylic acids is 2. The van der Waals surface area contributed by atoms with Gasteiger partial charge in [0.1, 0.15) is 12.6 Å². The fraction of sp³-hybridized carbons (Fsp3) is 0.481. The van der Waals surface area contributed by atoms with Crippen LogP contribution in [0, 0.1) is 13.8 Å². The molecule has 37 heavy (non-hydrogen) atoms. The second kappa shape index (κ2) is 12.5. The molecule has 1 N–H and O–H groups in total. The Bertz CT molecular complexity index is 1230. The van der Waals surface area contributed by atoms with Crippen LogP contribution < -0.4 is 9.62 Å². The van der Waals surface area contributed by atoms with Gasteiger partial charge in [-0.15, -0.1) is 0 Å². The first kappa shape index (κ1) is 29.3. The lowest BCUT2D eigenvalue weighted by Gasteiger charge is -2.33. The fourth-order valence-corrected chi connectivity index (χ4v) is 6.02. The summed E-state index contributed by atoms with van der Waals surface area (Å²) in [5.74, 6) is -0.824. The molecule has 0 bridgehead atoms. The van der Waals surface area contributed by atoms with Crippen molar-refractivity contribution in [2.24, 2.45) is 0 Å². The van der Waals surface area contributed by atoms with Crippen molar-refractivity contribution in [3.8, 4) is 0 Å². The number of sulfonamides is 1. The molecule has 0 heterocycles. The van der Waals surface area contributed by atoms with E-state index in [2.05, 4.69) is 5.32 Å². The molecule has 10 heteroatoms. The molecular formula is C27H35Cl2N3O4S. The normalized spacial score (nSPS) is 15.2. The Morgan fingerprint density at radius 1 is 1.03 bits per heavy atom. The van der Waals surface area contributed by atoms with Gasteiger partial charge in [0.15, 0.2) is 0 Å². The van der Waals surface area contributed by atoms with Crippen LogP contribution in [0.15, 0.2) is 36.4 Å². The molecule has 0 unspecified atom stereocenters. The van der Waals surface area contributed by atoms with Crippen LogP contribution in [0.25, 0.3) is 0 Å². The Balaban J connectivity index is 1.95. The summed E-state index contributed by atoms with van der Waals surface area (Å²) in [6, 6.07) is 9.52. The van der Waals surface area contributed by atoms with Crippen LogP contribution in [0.5, 0.6) is 0 Å². The standard InChI is InChI=1S/C27H35Cl2N3O4S/c1-18-10-8-15-25(19(18)2)32(37(4,35)36)17-26(33)31(16-22-23(28)13-9-14-24(22)29)20(3)27(34)30-21-11-6-5-7-12-21/h8-10,13-15,20-21H,5-7,11-12,16-17H2,1-4H3,(H,30,34)/t20-/m1/s1. The van der Waals surface area contributed by atoms with Crippen molar-refractivity contribution in [2.75, 3.05) is 17.1 Å². The number of hydrogen-bond acceptors (Lipinski definition) is 4. The molecule has 2 aromatic carbocycles. The first-order chi connectivity index (χ1) is 17.4. The highest BCUT2D eigenvalue weighted by Gasteiger charge is 2.32. The van der Waals surface area contributed by atoms with Crippen LogP contribution in [0.4, 0.5) is 5.69 Å². The number of rotatable bonds is 9. The summed E-state index contributed by atoms with van der Waals surface area (Å²) in [7, 11) is -3.81. The topological polar surface area (TPSA) is 86.8 Å². The average Bonchev–Trinajstić information content (AvgIpc) is 2.84. The molecule has 2 amide bonds. The Morgan fingerprint density at radius 3 is 2.22 bits per heavy atom. The number of hydrogen-bond donors (Lipinski definition) is 1. The van der Waals surface area contributed by atoms with Crippen LogP contribution in [0.1, 0.15) is 55.7 Å². The monoisotopic (exact) mass is 567 g/mol. The van der Waals surface area contributed by atoms with E-state index in [1.165, 1.54) is 4.90 Å². The predicted molar refractivity (Wildman–Crippen MR) is 150 cm³/mol. The minimum absolute atomic E-state index is 0.0407. The molecule has 1 aliphatic carbocycles. The third-order valence-corrected chi connectivity index (χ3v) is 8.87. The van der Waals surface area contributed by atoms with Crippen molar-refractivity contribution in [1.82, 2.24) is 10.2 Å². The molecule has 1 saturated carbocycles. The molecule has 0 spiro atoms. The Hall–Kier alpha value is -2.29. The predicted octanol–water partition coefficient (Wildman–Crippen LogP) is 5.24. The van der Waals surface area contributed by atoms with Gasteiger partial charge in [-0.2, -0.15) is 0 Å². The maximum absolute atomic E-state index is 13.8. The Labute approximate surface area is 230 Å². The number of carbonyl (C=O) groups is 2. The van der Waals surface area contributed by atoms with Crippen LogP contribution in [0.3, 0.4) is 0 Å². The zero-order valence-electron chi connectivity index (χ0n) is 21.8. The lowest BCUT2D eigenvalue weighted by atomic mass is 9.95. The van der Waals surface area contributed by atoms with Gasteiger partial charge in [-0.1, -0.05) is 60.7 Å². The van der Waals surface area contributed by atoms with E-state index >= 15 is 0 Å². The lowest BCUT2D eigenvalue weighted by molar-refractivity contribution is -0.139. The molecular weight excluding hydrogens is 533 g/mol. The van der Waals surface area contributed by atoms with Gasteiger partial charge in [-0.3, -0.25) is 13.9 Å². The number of halogens is 2. The van der Waals surface area contributed by atoms with Crippen LogP contribution in [-0.2, 0) is 26.2 Å². The third-order valence-electron chi connectivity index (χ3n) is 7.03. The molecule has 0 saturated heterocycles. The quantitative estimate of drug-likeness (QED) is 0.448. The first-order valence-electron chi connectivity index (χ1n) is 12.5. The first-order valence-corrected chi connectivity index (χ1v) is 15.1. The molecule has 2 aromatic rings. The highest BCUT2D eigenvalue weighted by Crippen LogP contribution is 2.28. The van der Waals surface area contributed by atoms with E-state index in [1.807, 2.05) is 19.9 Å². The maximum Gasteiger partial charge on any atom is 0.244 e. The van der Waals surface area contributed by atoms with Gasteiger partial charge in [0.05, 0.1) is 11.9 Å². The van der Waals surface area contributed by atoms with Gasteiger partial charge >= 0.3 is 0 Å². The van der Waals surface area contributed by atoms with Gasteiger partial charge in [0.2, 0.25) is 21.8 Å². The number of aryl methyl sites for hydroxylation is 1. The molecule has 202 valence electrons. The van der Waals surface area contributed by atoms with Gasteiger partial charge in [-0.05, 0) is 62.9 Å². The van der Waals surface area contributed by atoms with E-state index in [4.69, 9.17) is 23.2 Å². The molecule has 0 aliphatic heterocycles. The Kier molecular flexibility index (Phi) is 9.89. The van der Waals surface area contributed by atoms with Crippen molar-refractivity contribution in [3.63, 3.8) is 0 Å². The summed E-state index contributed by atoms with van der Waals surface area (Å²) >= 11 is 12.8. The smallest absolute Gasteiger partial charge is 0.244 e. The SMILES string of the molecule is Cc1cccc(N(CC(=O)N(Cc2c(Cl)cccc2Cl)[C@H](C)C(=O)NC2CCCCC2)S(C)(=O)=O)c1C. The Morgan fingerprint density at radius 2 is 1.62 bits per heavy atom. The number of amides is 2. The van der Waals surface area contributed by atoms with Gasteiger partial charge in [-0.25, -0.2) is 8.42 Å². The second-order valence-electron chi connectivity index (χ2n) is 9.73. The fourth-order valence-electron chi connectivity index (χ4n) is 4.61. The summed E-state index contributed by atoms with van der Waals surface area (Å²) in [5.41, 5.74) is 2.57. The molecule has 1 atom stereocenters. The average molecular weight is 569 g/mol. The van der Waals surface area contributed by atoms with Crippen LogP contribution >= 0.6 is 23.2 Å². The molecule has 1 aliphatic rings. The van der Waals surface area contributed by atoms with Crippen molar-refractivity contribution in [3.05, 3.63) is 63.1 Å². The minimum atomic E-state index is -3.81. The van der Waals surface area contributed by atoms with E-state index in [-0.39, 0.29) is 18.5 Å². The molecule has 7 nitrogen and oxygen atoms in total. The van der Waals surface area contributed by atoms with Crippen LogP contribution in [-0.4, -0.2) is 50.0 Å². The van der Waals surface area contributed by atoms with Gasteiger partial charge < -0.3 is 10.2 Å². The summed E-state index contributed by atoms with van der Waals surface area (Å²) in [6.45, 7) is 4.83. The van der Waals surface area contributed by atoms with Crippen molar-refractivity contribution >= 4 is 50.7 Å². The van der Waals surface area contributed by atoms with E-state index in [9.17, 15) is 18.0 Å². The van der Waals surface area contributed by atoms with Crippen molar-refractivity contribution < 1.29 is 18.0 Å². The van der Waals surface area contributed by atoms with E-state index in [0.29, 0.717) is 21.3 Å². The zero-order valence-corrected chi connectivity index (χ0v) is 24.1. The molecule has 3 rings (SSSR count). The van der Waals surface area contributed by atoms with E-state index in [0.717, 1.165) is 53.8 Å². The summed E-state index contributed by atoms with van der Waals surface area (Å²) in [5, 5.41) is 3.79. The lowest BCUT2D eigenvalue weighted by Crippen LogP contribution is -2.53. The number of benzene rings is 2. The van der Waals surface area contributed by atoms with Gasteiger partial charge in [0.25, 0.3) is 0 Å². The third kappa shape index (κ3) is 7.39. The highest BCUT2D eigenvalue weighted by molar-refractivity contribution is 7.92. The van der Waals surface area contributed by atoms with Crippen LogP contribution in [0.2, 0.25) is 10.0 Å². The number of nitrogens with one attached hydrogen (secondary N) is 1. The van der Waals surface area contributed by atoms with E-state index < -0.39 is 28.5 Å². The summed E-state index contributed by atoms with van der Waals surface area (Å²) < 4.78 is 26.7. The largest absolute Gasteiger partial charge is 0.352 e. The number of nitrogens with zero attached hydrogens (tertiary/aromatic N) is 2. The minimum Gasteiger partial charge on any atom is -0.352 e. The van der Waals surface area contributed by atoms with Gasteiger partial charge in [0, 0.05) is 28.2 Å². The highest BCUT2D eigenvalue weighted by atomic mass is 35.5. The summed E-state index contributed by atoms with van der Waals surface area (Å²) in [4.78, 5) is 28.4. The van der Waals surface area contributed by atoms with Crippen molar-refractivity contribution in [1.29, 1.82) is 0 Å².